The van der Waals surface area contributed by atoms with Crippen LogP contribution in [-0.2, 0) is 4.79 Å². The van der Waals surface area contributed by atoms with Gasteiger partial charge in [0.15, 0.2) is 5.65 Å². The van der Waals surface area contributed by atoms with Gasteiger partial charge in [-0.2, -0.15) is 5.10 Å². The van der Waals surface area contributed by atoms with Crippen LogP contribution in [-0.4, -0.2) is 69.5 Å². The second-order valence-corrected chi connectivity index (χ2v) is 10.8. The molecule has 2 unspecified atom stereocenters. The normalized spacial score (nSPS) is 17.8. The molecule has 2 N–H and O–H groups in total. The van der Waals surface area contributed by atoms with E-state index in [2.05, 4.69) is 58.3 Å². The molecule has 8 nitrogen and oxygen atoms in total. The third-order valence-corrected chi connectivity index (χ3v) is 7.79. The van der Waals surface area contributed by atoms with E-state index in [1.165, 1.54) is 11.3 Å². The molecule has 0 saturated carbocycles. The Bertz CT molecular complexity index is 1510. The number of nitrogens with one attached hydrogen (secondary N) is 2. The Morgan fingerprint density at radius 1 is 1.05 bits per heavy atom. The monoisotopic (exact) mass is 524 g/mol. The van der Waals surface area contributed by atoms with Gasteiger partial charge in [-0.1, -0.05) is 36.8 Å². The molecule has 0 aliphatic carbocycles. The van der Waals surface area contributed by atoms with E-state index >= 15 is 0 Å². The Kier molecular flexibility index (Phi) is 7.48. The van der Waals surface area contributed by atoms with Crippen LogP contribution in [0.25, 0.3) is 33.4 Å². The molecule has 2 atom stereocenters. The van der Waals surface area contributed by atoms with Crippen LogP contribution in [0.2, 0.25) is 0 Å². The zero-order chi connectivity index (χ0) is 27.7. The number of pyridine rings is 1. The van der Waals surface area contributed by atoms with Gasteiger partial charge in [0.25, 0.3) is 5.91 Å². The second-order valence-electron chi connectivity index (χ2n) is 10.8. The first kappa shape index (κ1) is 26.6. The molecule has 2 aromatic carbocycles. The number of likely N-dealkylation sites (tertiary alicyclic amines) is 1. The molecular formula is C31H36N6O2. The number of aromatic amines is 1. The number of piperidine rings is 1. The van der Waals surface area contributed by atoms with Crippen molar-refractivity contribution in [3.8, 4) is 22.4 Å². The van der Waals surface area contributed by atoms with Crippen LogP contribution < -0.4 is 5.32 Å². The summed E-state index contributed by atoms with van der Waals surface area (Å²) in [6.07, 6.45) is 5.14. The highest BCUT2D eigenvalue weighted by Crippen LogP contribution is 2.32. The second kappa shape index (κ2) is 11.0. The van der Waals surface area contributed by atoms with Gasteiger partial charge in [-0.15, -0.1) is 0 Å². The Morgan fingerprint density at radius 2 is 1.79 bits per heavy atom. The van der Waals surface area contributed by atoms with Crippen molar-refractivity contribution in [1.82, 2.24) is 25.0 Å². The average molecular weight is 525 g/mol. The highest BCUT2D eigenvalue weighted by Gasteiger charge is 2.27. The van der Waals surface area contributed by atoms with Crippen molar-refractivity contribution in [3.63, 3.8) is 0 Å². The number of hydrogen-bond acceptors (Lipinski definition) is 5. The molecule has 1 aliphatic heterocycles. The standard InChI is InChI=1S/C31H36N6O2/c1-19-9-6-7-12-24(19)29-26-16-23(17-32-30(26)35-34-29)22-13-14-27(25(15-22)31(39)36(4)5)33-28(38)18-37-20(2)10-8-11-21(37)3/h6-7,9,12-17,20-21H,8,10-11,18H2,1-5H3,(H,33,38)(H,32,34,35). The molecule has 4 aromatic rings. The number of aryl methyl sites for hydroxylation is 1. The lowest BCUT2D eigenvalue weighted by atomic mass is 9.97. The molecule has 3 heterocycles. The Balaban J connectivity index is 1.47. The van der Waals surface area contributed by atoms with Gasteiger partial charge >= 0.3 is 0 Å². The van der Waals surface area contributed by atoms with Crippen molar-refractivity contribution in [2.75, 3.05) is 26.0 Å². The minimum Gasteiger partial charge on any atom is -0.345 e. The summed E-state index contributed by atoms with van der Waals surface area (Å²) >= 11 is 0. The van der Waals surface area contributed by atoms with Crippen LogP contribution in [0.1, 0.15) is 49.0 Å². The smallest absolute Gasteiger partial charge is 0.255 e. The van der Waals surface area contributed by atoms with Gasteiger partial charge in [-0.25, -0.2) is 4.98 Å². The molecular weight excluding hydrogens is 488 g/mol. The predicted molar refractivity (Wildman–Crippen MR) is 156 cm³/mol. The minimum atomic E-state index is -0.176. The third-order valence-electron chi connectivity index (χ3n) is 7.79. The zero-order valence-electron chi connectivity index (χ0n) is 23.3. The summed E-state index contributed by atoms with van der Waals surface area (Å²) in [5, 5.41) is 11.5. The molecule has 202 valence electrons. The van der Waals surface area contributed by atoms with E-state index in [0.29, 0.717) is 35.5 Å². The number of anilines is 1. The highest BCUT2D eigenvalue weighted by atomic mass is 16.2. The van der Waals surface area contributed by atoms with E-state index < -0.39 is 0 Å². The fourth-order valence-corrected chi connectivity index (χ4v) is 5.51. The molecule has 2 aromatic heterocycles. The van der Waals surface area contributed by atoms with Crippen LogP contribution in [0.15, 0.2) is 54.7 Å². The number of aromatic nitrogens is 3. The van der Waals surface area contributed by atoms with E-state index in [1.807, 2.05) is 36.4 Å². The number of amides is 2. The van der Waals surface area contributed by atoms with Crippen molar-refractivity contribution in [3.05, 3.63) is 65.9 Å². The topological polar surface area (TPSA) is 94.2 Å². The van der Waals surface area contributed by atoms with Crippen LogP contribution in [0.3, 0.4) is 0 Å². The molecule has 5 rings (SSSR count). The summed E-state index contributed by atoms with van der Waals surface area (Å²) in [5.41, 5.74) is 6.40. The summed E-state index contributed by atoms with van der Waals surface area (Å²) in [5.74, 6) is -0.287. The van der Waals surface area contributed by atoms with Gasteiger partial charge in [0.1, 0.15) is 0 Å². The van der Waals surface area contributed by atoms with Gasteiger partial charge in [-0.05, 0) is 62.9 Å². The number of nitrogens with zero attached hydrogens (tertiary/aromatic N) is 4. The first-order chi connectivity index (χ1) is 18.7. The molecule has 39 heavy (non-hydrogen) atoms. The zero-order valence-corrected chi connectivity index (χ0v) is 23.3. The first-order valence-electron chi connectivity index (χ1n) is 13.5. The van der Waals surface area contributed by atoms with E-state index in [0.717, 1.165) is 46.2 Å². The van der Waals surface area contributed by atoms with E-state index in [-0.39, 0.29) is 11.8 Å². The number of fused-ring (bicyclic) bond motifs is 1. The van der Waals surface area contributed by atoms with Gasteiger partial charge in [0, 0.05) is 48.9 Å². The quantitative estimate of drug-likeness (QED) is 0.347. The van der Waals surface area contributed by atoms with E-state index in [4.69, 9.17) is 0 Å². The van der Waals surface area contributed by atoms with Crippen molar-refractivity contribution >= 4 is 28.5 Å². The largest absolute Gasteiger partial charge is 0.345 e. The van der Waals surface area contributed by atoms with Crippen molar-refractivity contribution in [2.24, 2.45) is 0 Å². The van der Waals surface area contributed by atoms with E-state index in [1.54, 1.807) is 20.3 Å². The fourth-order valence-electron chi connectivity index (χ4n) is 5.51. The Hall–Kier alpha value is -4.04. The SMILES string of the molecule is Cc1ccccc1-c1[nH]nc2ncc(-c3ccc(NC(=O)CN4C(C)CCCC4C)c(C(=O)N(C)C)c3)cc12. The molecule has 1 saturated heterocycles. The van der Waals surface area contributed by atoms with Crippen LogP contribution in [0.4, 0.5) is 5.69 Å². The van der Waals surface area contributed by atoms with Crippen LogP contribution >= 0.6 is 0 Å². The van der Waals surface area contributed by atoms with Gasteiger partial charge in [-0.3, -0.25) is 19.6 Å². The number of hydrogen-bond donors (Lipinski definition) is 2. The molecule has 0 spiro atoms. The van der Waals surface area contributed by atoms with Crippen LogP contribution in [0.5, 0.6) is 0 Å². The lowest BCUT2D eigenvalue weighted by Gasteiger charge is -2.38. The minimum absolute atomic E-state index is 0.111. The molecule has 0 radical (unpaired) electrons. The van der Waals surface area contributed by atoms with E-state index in [9.17, 15) is 9.59 Å². The maximum atomic E-state index is 13.2. The van der Waals surface area contributed by atoms with Gasteiger partial charge in [0.2, 0.25) is 5.91 Å². The molecule has 1 aliphatic rings. The average Bonchev–Trinajstić information content (AvgIpc) is 3.34. The number of carbonyl (C=O) groups excluding carboxylic acids is 2. The summed E-state index contributed by atoms with van der Waals surface area (Å²) in [7, 11) is 3.43. The molecule has 2 amide bonds. The van der Waals surface area contributed by atoms with Gasteiger partial charge in [0.05, 0.1) is 23.5 Å². The highest BCUT2D eigenvalue weighted by molar-refractivity contribution is 6.05. The molecule has 1 fully saturated rings. The number of carbonyl (C=O) groups is 2. The summed E-state index contributed by atoms with van der Waals surface area (Å²) in [6, 6.07) is 16.5. The van der Waals surface area contributed by atoms with Crippen LogP contribution in [0, 0.1) is 6.92 Å². The predicted octanol–water partition coefficient (Wildman–Crippen LogP) is 5.50. The summed E-state index contributed by atoms with van der Waals surface area (Å²) in [4.78, 5) is 34.6. The van der Waals surface area contributed by atoms with Crippen molar-refractivity contribution in [2.45, 2.75) is 52.1 Å². The maximum absolute atomic E-state index is 13.2. The summed E-state index contributed by atoms with van der Waals surface area (Å²) < 4.78 is 0. The molecule has 8 heteroatoms. The summed E-state index contributed by atoms with van der Waals surface area (Å²) in [6.45, 7) is 6.72. The fraction of sp³-hybridized carbons (Fsp3) is 0.355. The molecule has 0 bridgehead atoms. The third kappa shape index (κ3) is 5.43. The first-order valence-corrected chi connectivity index (χ1v) is 13.5. The van der Waals surface area contributed by atoms with Crippen molar-refractivity contribution < 1.29 is 9.59 Å². The number of H-pyrrole nitrogens is 1. The Labute approximate surface area is 229 Å². The number of benzene rings is 2. The van der Waals surface area contributed by atoms with Crippen molar-refractivity contribution in [1.29, 1.82) is 0 Å². The Morgan fingerprint density at radius 3 is 2.51 bits per heavy atom. The lowest BCUT2D eigenvalue weighted by Crippen LogP contribution is -2.47. The lowest BCUT2D eigenvalue weighted by molar-refractivity contribution is -0.118. The van der Waals surface area contributed by atoms with Gasteiger partial charge < -0.3 is 10.2 Å². The maximum Gasteiger partial charge on any atom is 0.255 e. The number of rotatable bonds is 6.